The summed E-state index contributed by atoms with van der Waals surface area (Å²) in [4.78, 5) is 40.5. The van der Waals surface area contributed by atoms with Crippen molar-refractivity contribution < 1.29 is 28.5 Å². The number of rotatable bonds is 7. The maximum absolute atomic E-state index is 12.7. The van der Waals surface area contributed by atoms with Crippen molar-refractivity contribution in [3.8, 4) is 0 Å². The van der Waals surface area contributed by atoms with E-state index < -0.39 is 36.0 Å². The van der Waals surface area contributed by atoms with Crippen LogP contribution in [0.2, 0.25) is 0 Å². The molecule has 3 rings (SSSR count). The van der Waals surface area contributed by atoms with Crippen LogP contribution in [0.25, 0.3) is 0 Å². The van der Waals surface area contributed by atoms with Gasteiger partial charge < -0.3 is 18.9 Å². The van der Waals surface area contributed by atoms with Gasteiger partial charge in [-0.15, -0.1) is 0 Å². The van der Waals surface area contributed by atoms with Crippen molar-refractivity contribution in [1.29, 1.82) is 0 Å². The lowest BCUT2D eigenvalue weighted by molar-refractivity contribution is -0.203. The Bertz CT molecular complexity index is 861. The van der Waals surface area contributed by atoms with Crippen LogP contribution < -0.4 is 5.69 Å². The fourth-order valence-corrected chi connectivity index (χ4v) is 3.47. The molecule has 3 heterocycles. The average Bonchev–Trinajstić information content (AvgIpc) is 3.13. The molecule has 0 bridgehead atoms. The Labute approximate surface area is 175 Å². The normalized spacial score (nSPS) is 27.5. The van der Waals surface area contributed by atoms with Crippen LogP contribution in [0.15, 0.2) is 17.1 Å². The highest BCUT2D eigenvalue weighted by molar-refractivity contribution is 5.82. The molecule has 0 aliphatic carbocycles. The van der Waals surface area contributed by atoms with Crippen LogP contribution in [-0.2, 0) is 35.0 Å². The Morgan fingerprint density at radius 2 is 1.83 bits per heavy atom. The second-order valence-corrected chi connectivity index (χ2v) is 8.82. The SMILES string of the molecule is CC(C)C(=O)Cc1ccn([C@@H]2O[C@H](COC(=O)C(C)C)[C@H]3OC(C)(C)O[C@H]32)c(=O)n1. The lowest BCUT2D eigenvalue weighted by Crippen LogP contribution is -2.35. The molecule has 2 fully saturated rings. The van der Waals surface area contributed by atoms with Gasteiger partial charge in [0.05, 0.1) is 11.6 Å². The highest BCUT2D eigenvalue weighted by atomic mass is 16.8. The van der Waals surface area contributed by atoms with E-state index in [0.29, 0.717) is 5.69 Å². The first kappa shape index (κ1) is 22.6. The molecule has 166 valence electrons. The number of ketones is 1. The number of aromatic nitrogens is 2. The quantitative estimate of drug-likeness (QED) is 0.611. The fourth-order valence-electron chi connectivity index (χ4n) is 3.47. The summed E-state index contributed by atoms with van der Waals surface area (Å²) < 4.78 is 24.6. The highest BCUT2D eigenvalue weighted by Gasteiger charge is 2.56. The molecule has 0 amide bonds. The van der Waals surface area contributed by atoms with Gasteiger partial charge in [-0.3, -0.25) is 14.2 Å². The molecule has 1 aromatic rings. The second-order valence-electron chi connectivity index (χ2n) is 8.82. The number of Topliss-reactive ketones (excluding diaryl/α,β-unsaturated/α-hetero) is 1. The van der Waals surface area contributed by atoms with Crippen molar-refractivity contribution >= 4 is 11.8 Å². The van der Waals surface area contributed by atoms with Gasteiger partial charge >= 0.3 is 11.7 Å². The largest absolute Gasteiger partial charge is 0.463 e. The molecule has 9 nitrogen and oxygen atoms in total. The van der Waals surface area contributed by atoms with Gasteiger partial charge in [-0.1, -0.05) is 27.7 Å². The predicted octanol–water partition coefficient (Wildman–Crippen LogP) is 1.63. The lowest BCUT2D eigenvalue weighted by atomic mass is 10.0. The third kappa shape index (κ3) is 4.79. The maximum atomic E-state index is 12.7. The van der Waals surface area contributed by atoms with Gasteiger partial charge in [-0.05, 0) is 19.9 Å². The molecule has 30 heavy (non-hydrogen) atoms. The van der Waals surface area contributed by atoms with E-state index >= 15 is 0 Å². The van der Waals surface area contributed by atoms with Gasteiger partial charge in [-0.25, -0.2) is 4.79 Å². The van der Waals surface area contributed by atoms with Crippen molar-refractivity contribution in [3.63, 3.8) is 0 Å². The molecular weight excluding hydrogens is 392 g/mol. The molecule has 0 aromatic carbocycles. The number of hydrogen-bond acceptors (Lipinski definition) is 8. The first-order valence-corrected chi connectivity index (χ1v) is 10.3. The number of nitrogens with zero attached hydrogens (tertiary/aromatic N) is 2. The van der Waals surface area contributed by atoms with E-state index in [-0.39, 0.29) is 36.6 Å². The van der Waals surface area contributed by atoms with Crippen LogP contribution in [0.3, 0.4) is 0 Å². The monoisotopic (exact) mass is 422 g/mol. The van der Waals surface area contributed by atoms with Gasteiger partial charge in [0, 0.05) is 18.5 Å². The summed E-state index contributed by atoms with van der Waals surface area (Å²) >= 11 is 0. The Hall–Kier alpha value is -2.10. The van der Waals surface area contributed by atoms with Crippen molar-refractivity contribution in [3.05, 3.63) is 28.4 Å². The fraction of sp³-hybridized carbons (Fsp3) is 0.714. The summed E-state index contributed by atoms with van der Waals surface area (Å²) in [5, 5.41) is 0. The zero-order chi connectivity index (χ0) is 22.2. The zero-order valence-electron chi connectivity index (χ0n) is 18.3. The molecule has 0 N–H and O–H groups in total. The zero-order valence-corrected chi connectivity index (χ0v) is 18.3. The van der Waals surface area contributed by atoms with Gasteiger partial charge in [0.1, 0.15) is 30.7 Å². The minimum Gasteiger partial charge on any atom is -0.463 e. The first-order valence-electron chi connectivity index (χ1n) is 10.3. The van der Waals surface area contributed by atoms with E-state index in [9.17, 15) is 14.4 Å². The standard InChI is InChI=1S/C21H30N2O7/c1-11(2)14(24)9-13-7-8-23(20(26)22-13)18-17-16(29-21(5,6)30-17)15(28-18)10-27-19(25)12(3)4/h7-8,11-12,15-18H,9-10H2,1-6H3/t15-,16-,17-,18-/m1/s1. The van der Waals surface area contributed by atoms with Crippen LogP contribution in [0.5, 0.6) is 0 Å². The smallest absolute Gasteiger partial charge is 0.350 e. The Balaban J connectivity index is 1.80. The van der Waals surface area contributed by atoms with E-state index in [1.165, 1.54) is 4.57 Å². The van der Waals surface area contributed by atoms with Gasteiger partial charge in [0.15, 0.2) is 12.0 Å². The molecule has 2 aliphatic heterocycles. The van der Waals surface area contributed by atoms with Crippen molar-refractivity contribution in [2.45, 2.75) is 78.3 Å². The van der Waals surface area contributed by atoms with Crippen LogP contribution in [0.1, 0.15) is 53.5 Å². The van der Waals surface area contributed by atoms with Gasteiger partial charge in [0.2, 0.25) is 0 Å². The van der Waals surface area contributed by atoms with Crippen molar-refractivity contribution in [2.24, 2.45) is 11.8 Å². The molecule has 9 heteroatoms. The minimum absolute atomic E-state index is 0.00271. The number of hydrogen-bond donors (Lipinski definition) is 0. The topological polar surface area (TPSA) is 106 Å². The number of fused-ring (bicyclic) bond motifs is 1. The van der Waals surface area contributed by atoms with Crippen LogP contribution in [0.4, 0.5) is 0 Å². The second kappa shape index (κ2) is 8.56. The third-order valence-corrected chi connectivity index (χ3v) is 5.15. The molecule has 2 aliphatic rings. The predicted molar refractivity (Wildman–Crippen MR) is 106 cm³/mol. The van der Waals surface area contributed by atoms with Crippen molar-refractivity contribution in [2.75, 3.05) is 6.61 Å². The number of ether oxygens (including phenoxy) is 4. The third-order valence-electron chi connectivity index (χ3n) is 5.15. The van der Waals surface area contributed by atoms with E-state index in [1.54, 1.807) is 40.0 Å². The molecule has 0 radical (unpaired) electrons. The molecule has 1 aromatic heterocycles. The Morgan fingerprint density at radius 1 is 1.17 bits per heavy atom. The first-order chi connectivity index (χ1) is 14.0. The Morgan fingerprint density at radius 3 is 2.43 bits per heavy atom. The molecule has 0 unspecified atom stereocenters. The molecule has 0 saturated carbocycles. The number of carbonyl (C=O) groups excluding carboxylic acids is 2. The average molecular weight is 422 g/mol. The van der Waals surface area contributed by atoms with Gasteiger partial charge in [-0.2, -0.15) is 4.98 Å². The number of carbonyl (C=O) groups is 2. The van der Waals surface area contributed by atoms with Crippen molar-refractivity contribution in [1.82, 2.24) is 9.55 Å². The Kier molecular flexibility index (Phi) is 6.45. The summed E-state index contributed by atoms with van der Waals surface area (Å²) in [5.41, 5.74) is -0.128. The summed E-state index contributed by atoms with van der Waals surface area (Å²) in [7, 11) is 0. The molecule has 0 spiro atoms. The maximum Gasteiger partial charge on any atom is 0.350 e. The van der Waals surface area contributed by atoms with Crippen LogP contribution in [0, 0.1) is 11.8 Å². The van der Waals surface area contributed by atoms with E-state index in [0.717, 1.165) is 0 Å². The lowest BCUT2D eigenvalue weighted by Gasteiger charge is -2.25. The number of esters is 1. The van der Waals surface area contributed by atoms with Crippen LogP contribution in [-0.4, -0.2) is 52.0 Å². The summed E-state index contributed by atoms with van der Waals surface area (Å²) in [6.45, 7) is 10.7. The summed E-state index contributed by atoms with van der Waals surface area (Å²) in [6, 6.07) is 1.63. The minimum atomic E-state index is -0.863. The van der Waals surface area contributed by atoms with Gasteiger partial charge in [0.25, 0.3) is 0 Å². The van der Waals surface area contributed by atoms with E-state index in [4.69, 9.17) is 18.9 Å². The molecule has 4 atom stereocenters. The highest BCUT2D eigenvalue weighted by Crippen LogP contribution is 2.42. The van der Waals surface area contributed by atoms with E-state index in [1.807, 2.05) is 13.8 Å². The molecular formula is C21H30N2O7. The van der Waals surface area contributed by atoms with E-state index in [2.05, 4.69) is 4.98 Å². The molecule has 2 saturated heterocycles. The summed E-state index contributed by atoms with van der Waals surface area (Å²) in [6.07, 6.45) is -0.777. The summed E-state index contributed by atoms with van der Waals surface area (Å²) in [5.74, 6) is -1.58. The van der Waals surface area contributed by atoms with Crippen LogP contribution >= 0.6 is 0 Å².